The van der Waals surface area contributed by atoms with Gasteiger partial charge in [0.05, 0.1) is 12.6 Å². The predicted molar refractivity (Wildman–Crippen MR) is 99.1 cm³/mol. The summed E-state index contributed by atoms with van der Waals surface area (Å²) in [6, 6.07) is 11.4. The molecule has 0 fully saturated rings. The maximum atomic E-state index is 12.2. The zero-order valence-corrected chi connectivity index (χ0v) is 15.5. The van der Waals surface area contributed by atoms with Gasteiger partial charge in [0.15, 0.2) is 18.2 Å². The van der Waals surface area contributed by atoms with Crippen LogP contribution in [0.25, 0.3) is 11.3 Å². The van der Waals surface area contributed by atoms with E-state index in [4.69, 9.17) is 9.15 Å². The van der Waals surface area contributed by atoms with Crippen molar-refractivity contribution in [3.63, 3.8) is 0 Å². The molecule has 0 amide bonds. The molecule has 0 saturated carbocycles. The number of hydrogen-bond acceptors (Lipinski definition) is 6. The minimum absolute atomic E-state index is 0.0358. The number of rotatable bonds is 7. The minimum Gasteiger partial charge on any atom is -0.456 e. The van der Waals surface area contributed by atoms with Gasteiger partial charge in [0.1, 0.15) is 0 Å². The molecule has 0 aliphatic heterocycles. The summed E-state index contributed by atoms with van der Waals surface area (Å²) < 4.78 is 10.7. The Balaban J connectivity index is 1.48. The van der Waals surface area contributed by atoms with Crippen LogP contribution in [0.4, 0.5) is 0 Å². The molecule has 0 saturated heterocycles. The van der Waals surface area contributed by atoms with Gasteiger partial charge in [-0.3, -0.25) is 9.59 Å². The van der Waals surface area contributed by atoms with Crippen LogP contribution in [-0.2, 0) is 16.1 Å². The van der Waals surface area contributed by atoms with Gasteiger partial charge in [-0.05, 0) is 19.9 Å². The molecule has 6 heteroatoms. The number of nitrogens with zero attached hydrogens (tertiary/aromatic N) is 1. The second kappa shape index (κ2) is 8.10. The van der Waals surface area contributed by atoms with Crippen LogP contribution in [0.3, 0.4) is 0 Å². The lowest BCUT2D eigenvalue weighted by atomic mass is 10.1. The van der Waals surface area contributed by atoms with Gasteiger partial charge in [-0.25, -0.2) is 4.98 Å². The number of esters is 1. The molecule has 0 unspecified atom stereocenters. The van der Waals surface area contributed by atoms with Crippen molar-refractivity contribution < 1.29 is 18.7 Å². The molecule has 2 heterocycles. The standard InChI is InChI=1S/C20H19NO4S/c1-13-10-16(14(2)26-13)17(22)8-9-20(23)24-12-19-21-11-18(25-19)15-6-4-3-5-7-15/h3-7,10-11H,8-9,12H2,1-2H3. The Kier molecular flexibility index (Phi) is 5.63. The van der Waals surface area contributed by atoms with Crippen molar-refractivity contribution in [2.45, 2.75) is 33.3 Å². The topological polar surface area (TPSA) is 69.4 Å². The Morgan fingerprint density at radius 3 is 2.62 bits per heavy atom. The molecule has 3 rings (SSSR count). The largest absolute Gasteiger partial charge is 0.456 e. The van der Waals surface area contributed by atoms with Crippen LogP contribution in [0.2, 0.25) is 0 Å². The zero-order chi connectivity index (χ0) is 18.5. The van der Waals surface area contributed by atoms with Crippen LogP contribution in [0.15, 0.2) is 47.0 Å². The Hall–Kier alpha value is -2.73. The summed E-state index contributed by atoms with van der Waals surface area (Å²) in [4.78, 5) is 30.2. The van der Waals surface area contributed by atoms with Crippen molar-refractivity contribution in [2.75, 3.05) is 0 Å². The lowest BCUT2D eigenvalue weighted by Gasteiger charge is -2.02. The lowest BCUT2D eigenvalue weighted by Crippen LogP contribution is -2.08. The third kappa shape index (κ3) is 4.46. The van der Waals surface area contributed by atoms with Crippen LogP contribution < -0.4 is 0 Å². The quantitative estimate of drug-likeness (QED) is 0.445. The monoisotopic (exact) mass is 369 g/mol. The fourth-order valence-corrected chi connectivity index (χ4v) is 3.53. The number of oxazole rings is 1. The van der Waals surface area contributed by atoms with Gasteiger partial charge in [-0.2, -0.15) is 0 Å². The van der Waals surface area contributed by atoms with Crippen LogP contribution in [0.5, 0.6) is 0 Å². The van der Waals surface area contributed by atoms with E-state index in [9.17, 15) is 9.59 Å². The molecular formula is C20H19NO4S. The maximum Gasteiger partial charge on any atom is 0.306 e. The summed E-state index contributed by atoms with van der Waals surface area (Å²) in [7, 11) is 0. The van der Waals surface area contributed by atoms with E-state index in [-0.39, 0.29) is 25.2 Å². The Morgan fingerprint density at radius 1 is 1.15 bits per heavy atom. The number of ether oxygens (including phenoxy) is 1. The Bertz CT molecular complexity index is 911. The number of thiophene rings is 1. The van der Waals surface area contributed by atoms with Crippen molar-refractivity contribution in [1.82, 2.24) is 4.98 Å². The Morgan fingerprint density at radius 2 is 1.92 bits per heavy atom. The van der Waals surface area contributed by atoms with Crippen molar-refractivity contribution in [3.05, 3.63) is 63.8 Å². The van der Waals surface area contributed by atoms with Gasteiger partial charge >= 0.3 is 5.97 Å². The van der Waals surface area contributed by atoms with E-state index in [1.165, 1.54) is 0 Å². The number of Topliss-reactive ketones (excluding diaryl/α,β-unsaturated/α-hetero) is 1. The SMILES string of the molecule is Cc1cc(C(=O)CCC(=O)OCc2ncc(-c3ccccc3)o2)c(C)s1. The maximum absolute atomic E-state index is 12.2. The lowest BCUT2D eigenvalue weighted by molar-refractivity contribution is -0.145. The molecule has 0 aliphatic rings. The van der Waals surface area contributed by atoms with Gasteiger partial charge in [0.2, 0.25) is 5.89 Å². The first-order valence-electron chi connectivity index (χ1n) is 8.29. The molecule has 134 valence electrons. The summed E-state index contributed by atoms with van der Waals surface area (Å²) in [5.41, 5.74) is 1.60. The predicted octanol–water partition coefficient (Wildman–Crippen LogP) is 4.73. The van der Waals surface area contributed by atoms with Gasteiger partial charge in [0.25, 0.3) is 0 Å². The number of carbonyl (C=O) groups excluding carboxylic acids is 2. The molecule has 5 nitrogen and oxygen atoms in total. The van der Waals surface area contributed by atoms with E-state index < -0.39 is 5.97 Å². The van der Waals surface area contributed by atoms with E-state index in [0.29, 0.717) is 17.2 Å². The number of aromatic nitrogens is 1. The van der Waals surface area contributed by atoms with Crippen molar-refractivity contribution in [2.24, 2.45) is 0 Å². The second-order valence-corrected chi connectivity index (χ2v) is 7.36. The molecule has 2 aromatic heterocycles. The number of benzene rings is 1. The summed E-state index contributed by atoms with van der Waals surface area (Å²) in [6.45, 7) is 3.83. The molecule has 3 aromatic rings. The number of aryl methyl sites for hydroxylation is 2. The average molecular weight is 369 g/mol. The molecule has 0 aliphatic carbocycles. The number of hydrogen-bond donors (Lipinski definition) is 0. The van der Waals surface area contributed by atoms with Crippen molar-refractivity contribution in [3.8, 4) is 11.3 Å². The van der Waals surface area contributed by atoms with E-state index >= 15 is 0 Å². The average Bonchev–Trinajstić information content (AvgIpc) is 3.25. The number of carbonyl (C=O) groups is 2. The Labute approximate surface area is 155 Å². The van der Waals surface area contributed by atoms with E-state index in [1.807, 2.05) is 50.2 Å². The first-order chi connectivity index (χ1) is 12.5. The van der Waals surface area contributed by atoms with Crippen molar-refractivity contribution in [1.29, 1.82) is 0 Å². The van der Waals surface area contributed by atoms with Crippen molar-refractivity contribution >= 4 is 23.1 Å². The zero-order valence-electron chi connectivity index (χ0n) is 14.7. The highest BCUT2D eigenvalue weighted by Crippen LogP contribution is 2.23. The highest BCUT2D eigenvalue weighted by atomic mass is 32.1. The molecular weight excluding hydrogens is 350 g/mol. The minimum atomic E-state index is -0.442. The normalized spacial score (nSPS) is 10.7. The molecule has 0 radical (unpaired) electrons. The van der Waals surface area contributed by atoms with Gasteiger partial charge < -0.3 is 9.15 Å². The molecule has 1 aromatic carbocycles. The summed E-state index contributed by atoms with van der Waals surface area (Å²) in [5.74, 6) is 0.469. The summed E-state index contributed by atoms with van der Waals surface area (Å²) in [6.07, 6.45) is 1.78. The first kappa shape index (κ1) is 18.1. The first-order valence-corrected chi connectivity index (χ1v) is 9.10. The fraction of sp³-hybridized carbons (Fsp3) is 0.250. The van der Waals surface area contributed by atoms with E-state index in [0.717, 1.165) is 15.3 Å². The summed E-state index contributed by atoms with van der Waals surface area (Å²) in [5, 5.41) is 0. The fourth-order valence-electron chi connectivity index (χ4n) is 2.59. The second-order valence-electron chi connectivity index (χ2n) is 5.90. The van der Waals surface area contributed by atoms with E-state index in [1.54, 1.807) is 17.5 Å². The van der Waals surface area contributed by atoms with Gasteiger partial charge in [-0.15, -0.1) is 11.3 Å². The van der Waals surface area contributed by atoms with Crippen LogP contribution >= 0.6 is 11.3 Å². The highest BCUT2D eigenvalue weighted by Gasteiger charge is 2.15. The van der Waals surface area contributed by atoms with Gasteiger partial charge in [-0.1, -0.05) is 30.3 Å². The van der Waals surface area contributed by atoms with Crippen LogP contribution in [0, 0.1) is 13.8 Å². The highest BCUT2D eigenvalue weighted by molar-refractivity contribution is 7.12. The molecule has 0 spiro atoms. The third-order valence-electron chi connectivity index (χ3n) is 3.87. The summed E-state index contributed by atoms with van der Waals surface area (Å²) >= 11 is 1.58. The molecule has 26 heavy (non-hydrogen) atoms. The molecule has 0 N–H and O–H groups in total. The third-order valence-corrected chi connectivity index (χ3v) is 4.83. The molecule has 0 bridgehead atoms. The molecule has 0 atom stereocenters. The van der Waals surface area contributed by atoms with E-state index in [2.05, 4.69) is 4.98 Å². The van der Waals surface area contributed by atoms with Crippen LogP contribution in [0.1, 0.15) is 38.8 Å². The van der Waals surface area contributed by atoms with Crippen LogP contribution in [-0.4, -0.2) is 16.7 Å². The smallest absolute Gasteiger partial charge is 0.306 e. The van der Waals surface area contributed by atoms with Gasteiger partial charge in [0, 0.05) is 27.3 Å². The number of ketones is 1.